The Hall–Kier alpha value is -1.99. The number of urea groups is 1. The molecule has 1 aliphatic rings. The third-order valence-electron chi connectivity index (χ3n) is 4.31. The third kappa shape index (κ3) is 8.92. The van der Waals surface area contributed by atoms with E-state index in [0.717, 1.165) is 17.9 Å². The van der Waals surface area contributed by atoms with Gasteiger partial charge in [-0.05, 0) is 36.5 Å². The van der Waals surface area contributed by atoms with E-state index in [9.17, 15) is 9.59 Å². The number of benzene rings is 1. The van der Waals surface area contributed by atoms with Gasteiger partial charge in [-0.1, -0.05) is 57.0 Å². The van der Waals surface area contributed by atoms with Gasteiger partial charge in [0, 0.05) is 31.3 Å². The van der Waals surface area contributed by atoms with Crippen molar-refractivity contribution in [3.05, 3.63) is 42.0 Å². The summed E-state index contributed by atoms with van der Waals surface area (Å²) in [6.45, 7) is 10.3. The summed E-state index contributed by atoms with van der Waals surface area (Å²) in [6, 6.07) is 8.15. The lowest BCUT2D eigenvalue weighted by atomic mass is 9.99. The summed E-state index contributed by atoms with van der Waals surface area (Å²) in [5, 5.41) is 2.33. The molecule has 6 nitrogen and oxygen atoms in total. The number of carbonyl (C=O) groups is 2. The van der Waals surface area contributed by atoms with E-state index in [-0.39, 0.29) is 23.4 Å². The van der Waals surface area contributed by atoms with Crippen molar-refractivity contribution in [2.24, 2.45) is 5.41 Å². The Bertz CT molecular complexity index is 715. The fourth-order valence-electron chi connectivity index (χ4n) is 2.65. The molecular formula is C22H33N3O3S. The Balaban J connectivity index is 1.65. The molecule has 1 atom stereocenters. The van der Waals surface area contributed by atoms with Crippen molar-refractivity contribution in [2.75, 3.05) is 25.4 Å². The topological polar surface area (TPSA) is 70.7 Å². The molecule has 0 unspecified atom stereocenters. The lowest BCUT2D eigenvalue weighted by molar-refractivity contribution is -0.121. The highest BCUT2D eigenvalue weighted by Crippen LogP contribution is 2.23. The lowest BCUT2D eigenvalue weighted by Gasteiger charge is -2.25. The normalized spacial score (nSPS) is 16.2. The Labute approximate surface area is 178 Å². The molecule has 0 aliphatic carbocycles. The van der Waals surface area contributed by atoms with Crippen LogP contribution in [0.1, 0.15) is 52.1 Å². The van der Waals surface area contributed by atoms with Gasteiger partial charge in [-0.25, -0.2) is 4.79 Å². The zero-order valence-corrected chi connectivity index (χ0v) is 18.7. The van der Waals surface area contributed by atoms with Crippen LogP contribution in [0.4, 0.5) is 4.79 Å². The van der Waals surface area contributed by atoms with Crippen molar-refractivity contribution in [1.29, 1.82) is 0 Å². The number of allylic oxidation sites excluding steroid dienone is 1. The predicted octanol–water partition coefficient (Wildman–Crippen LogP) is 4.30. The number of nitrogens with zero attached hydrogens (tertiary/aromatic N) is 1. The molecule has 1 fully saturated rings. The van der Waals surface area contributed by atoms with E-state index in [4.69, 9.17) is 4.74 Å². The number of rotatable bonds is 10. The van der Waals surface area contributed by atoms with Gasteiger partial charge in [-0.3, -0.25) is 14.8 Å². The summed E-state index contributed by atoms with van der Waals surface area (Å²) in [4.78, 5) is 24.4. The average Bonchev–Trinajstić information content (AvgIpc) is 2.66. The molecule has 1 aliphatic heterocycles. The van der Waals surface area contributed by atoms with Crippen LogP contribution in [0.25, 0.3) is 0 Å². The minimum absolute atomic E-state index is 0.137. The van der Waals surface area contributed by atoms with Gasteiger partial charge >= 0.3 is 6.03 Å². The minimum atomic E-state index is -0.301. The quantitative estimate of drug-likeness (QED) is 0.336. The van der Waals surface area contributed by atoms with E-state index in [2.05, 4.69) is 55.9 Å². The molecule has 2 N–H and O–H groups in total. The first-order valence-electron chi connectivity index (χ1n) is 10.1. The molecule has 0 spiro atoms. The number of ether oxygens (including phenoxy) is 1. The number of imide groups is 1. The molecular weight excluding hydrogens is 386 g/mol. The van der Waals surface area contributed by atoms with Gasteiger partial charge < -0.3 is 9.64 Å². The second kappa shape index (κ2) is 11.3. The van der Waals surface area contributed by atoms with Crippen LogP contribution < -0.4 is 14.8 Å². The van der Waals surface area contributed by atoms with Crippen molar-refractivity contribution in [1.82, 2.24) is 14.9 Å². The van der Waals surface area contributed by atoms with Gasteiger partial charge in [-0.2, -0.15) is 0 Å². The van der Waals surface area contributed by atoms with Gasteiger partial charge in [-0.15, -0.1) is 0 Å². The zero-order chi connectivity index (χ0) is 21.3. The summed E-state index contributed by atoms with van der Waals surface area (Å²) >= 11 is 1.69. The van der Waals surface area contributed by atoms with E-state index in [1.165, 1.54) is 5.56 Å². The average molecular weight is 420 g/mol. The highest BCUT2D eigenvalue weighted by Gasteiger charge is 2.21. The van der Waals surface area contributed by atoms with E-state index in [1.54, 1.807) is 16.8 Å². The Kier molecular flexibility index (Phi) is 9.04. The van der Waals surface area contributed by atoms with Gasteiger partial charge in [0.05, 0.1) is 6.61 Å². The molecule has 160 valence electrons. The summed E-state index contributed by atoms with van der Waals surface area (Å²) in [5.74, 6) is 1.65. The first-order chi connectivity index (χ1) is 13.7. The smallest absolute Gasteiger partial charge is 0.324 e. The maximum Gasteiger partial charge on any atom is 0.324 e. The largest absolute Gasteiger partial charge is 0.493 e. The van der Waals surface area contributed by atoms with Crippen LogP contribution in [-0.2, 0) is 4.79 Å². The standard InChI is InChI=1S/C22H33N3O3S/c1-17(18-9-8-10-19(15-18)28-16-22(2,3)4)24-29-14-7-5-6-12-25-13-11-20(26)23-21(25)27/h5-6,8-10,15,17,24H,7,11-14,16H2,1-4H3,(H,23,26,27)/b6-5+/t17-/m1/s1. The molecule has 2 rings (SSSR count). The van der Waals surface area contributed by atoms with Crippen LogP contribution in [0.15, 0.2) is 36.4 Å². The Morgan fingerprint density at radius 3 is 2.83 bits per heavy atom. The van der Waals surface area contributed by atoms with Crippen LogP contribution in [-0.4, -0.2) is 42.3 Å². The molecule has 0 aromatic heterocycles. The maximum atomic E-state index is 11.6. The van der Waals surface area contributed by atoms with E-state index < -0.39 is 0 Å². The molecule has 0 saturated carbocycles. The lowest BCUT2D eigenvalue weighted by Crippen LogP contribution is -2.49. The molecule has 0 radical (unpaired) electrons. The molecule has 1 aromatic carbocycles. The van der Waals surface area contributed by atoms with Crippen molar-refractivity contribution in [2.45, 2.75) is 46.6 Å². The second-order valence-corrected chi connectivity index (χ2v) is 9.35. The SMILES string of the molecule is C[C@@H](NSCC/C=C/CN1CCC(=O)NC1=O)c1cccc(OCC(C)(C)C)c1. The minimum Gasteiger partial charge on any atom is -0.493 e. The third-order valence-corrected chi connectivity index (χ3v) is 5.27. The van der Waals surface area contributed by atoms with Crippen LogP contribution in [0.3, 0.4) is 0 Å². The fraction of sp³-hybridized carbons (Fsp3) is 0.545. The van der Waals surface area contributed by atoms with Gasteiger partial charge in [0.1, 0.15) is 5.75 Å². The monoisotopic (exact) mass is 419 g/mol. The summed E-state index contributed by atoms with van der Waals surface area (Å²) in [5.41, 5.74) is 1.34. The van der Waals surface area contributed by atoms with Gasteiger partial charge in [0.2, 0.25) is 5.91 Å². The summed E-state index contributed by atoms with van der Waals surface area (Å²) < 4.78 is 9.37. The first kappa shape index (κ1) is 23.3. The first-order valence-corrected chi connectivity index (χ1v) is 11.1. The van der Waals surface area contributed by atoms with Crippen LogP contribution in [0, 0.1) is 5.41 Å². The second-order valence-electron chi connectivity index (χ2n) is 8.42. The number of amides is 3. The number of nitrogens with one attached hydrogen (secondary N) is 2. The van der Waals surface area contributed by atoms with E-state index >= 15 is 0 Å². The zero-order valence-electron chi connectivity index (χ0n) is 17.9. The number of carbonyl (C=O) groups excluding carboxylic acids is 2. The van der Waals surface area contributed by atoms with E-state index in [1.807, 2.05) is 18.2 Å². The highest BCUT2D eigenvalue weighted by atomic mass is 32.2. The molecule has 3 amide bonds. The molecule has 1 aromatic rings. The Morgan fingerprint density at radius 2 is 2.10 bits per heavy atom. The molecule has 29 heavy (non-hydrogen) atoms. The highest BCUT2D eigenvalue weighted by molar-refractivity contribution is 7.97. The van der Waals surface area contributed by atoms with Crippen molar-refractivity contribution < 1.29 is 14.3 Å². The van der Waals surface area contributed by atoms with Crippen LogP contribution >= 0.6 is 11.9 Å². The molecule has 7 heteroatoms. The predicted molar refractivity (Wildman–Crippen MR) is 119 cm³/mol. The maximum absolute atomic E-state index is 11.6. The van der Waals surface area contributed by atoms with Crippen LogP contribution in [0.2, 0.25) is 0 Å². The molecule has 1 saturated heterocycles. The summed E-state index contributed by atoms with van der Waals surface area (Å²) in [7, 11) is 0. The number of hydrogen-bond acceptors (Lipinski definition) is 5. The van der Waals surface area contributed by atoms with Crippen molar-refractivity contribution >= 4 is 23.9 Å². The molecule has 1 heterocycles. The Morgan fingerprint density at radius 1 is 1.31 bits per heavy atom. The van der Waals surface area contributed by atoms with Gasteiger partial charge in [0.15, 0.2) is 0 Å². The molecule has 0 bridgehead atoms. The number of hydrogen-bond donors (Lipinski definition) is 2. The van der Waals surface area contributed by atoms with Gasteiger partial charge in [0.25, 0.3) is 0 Å². The van der Waals surface area contributed by atoms with Crippen LogP contribution in [0.5, 0.6) is 5.75 Å². The van der Waals surface area contributed by atoms with Crippen molar-refractivity contribution in [3.8, 4) is 5.75 Å². The fourth-order valence-corrected chi connectivity index (χ4v) is 3.40. The summed E-state index contributed by atoms with van der Waals surface area (Å²) in [6.07, 6.45) is 5.34. The van der Waals surface area contributed by atoms with Crippen molar-refractivity contribution in [3.63, 3.8) is 0 Å². The van der Waals surface area contributed by atoms with E-state index in [0.29, 0.717) is 26.1 Å².